The van der Waals surface area contributed by atoms with E-state index in [1.807, 2.05) is 0 Å². The highest BCUT2D eigenvalue weighted by atomic mass is 16.7. The number of aliphatic hydroxyl groups excluding tert-OH is 2. The van der Waals surface area contributed by atoms with Crippen molar-refractivity contribution in [3.8, 4) is 0 Å². The number of hydrogen-bond donors (Lipinski definition) is 3. The Bertz CT molecular complexity index is 131. The van der Waals surface area contributed by atoms with Crippen molar-refractivity contribution in [3.63, 3.8) is 0 Å². The van der Waals surface area contributed by atoms with Crippen LogP contribution in [-0.2, 0) is 9.47 Å². The lowest BCUT2D eigenvalue weighted by Gasteiger charge is -2.30. The molecule has 0 bridgehead atoms. The fraction of sp³-hybridized carbons (Fsp3) is 1.00. The number of ether oxygens (including phenoxy) is 2. The van der Waals surface area contributed by atoms with Crippen LogP contribution in [0, 0.1) is 0 Å². The van der Waals surface area contributed by atoms with E-state index < -0.39 is 18.5 Å². The minimum absolute atomic E-state index is 0.215. The van der Waals surface area contributed by atoms with Crippen LogP contribution in [0.2, 0.25) is 0 Å². The van der Waals surface area contributed by atoms with Crippen molar-refractivity contribution in [3.05, 3.63) is 0 Å². The highest BCUT2D eigenvalue weighted by Crippen LogP contribution is 2.14. The maximum absolute atomic E-state index is 9.32. The Hall–Kier alpha value is -0.200. The molecule has 1 aliphatic rings. The molecule has 1 unspecified atom stereocenters. The Morgan fingerprint density at radius 2 is 2.25 bits per heavy atom. The first kappa shape index (κ1) is 9.88. The molecule has 1 heterocycles. The molecule has 1 rings (SSSR count). The van der Waals surface area contributed by atoms with E-state index in [1.54, 1.807) is 0 Å². The monoisotopic (exact) mass is 177 g/mol. The maximum Gasteiger partial charge on any atom is 0.183 e. The summed E-state index contributed by atoms with van der Waals surface area (Å²) in [6, 6.07) is 0. The van der Waals surface area contributed by atoms with Crippen molar-refractivity contribution in [1.29, 1.82) is 0 Å². The molecule has 4 N–H and O–H groups in total. The molecule has 5 nitrogen and oxygen atoms in total. The lowest BCUT2D eigenvalue weighted by atomic mass is 10.1. The summed E-state index contributed by atoms with van der Waals surface area (Å²) in [6.45, 7) is 0.971. The van der Waals surface area contributed by atoms with Crippen molar-refractivity contribution >= 4 is 0 Å². The molecule has 3 atom stereocenters. The van der Waals surface area contributed by atoms with E-state index in [1.165, 1.54) is 0 Å². The highest BCUT2D eigenvalue weighted by molar-refractivity contribution is 4.72. The second-order valence-corrected chi connectivity index (χ2v) is 2.82. The molecule has 0 aromatic carbocycles. The summed E-state index contributed by atoms with van der Waals surface area (Å²) >= 11 is 0. The third-order valence-electron chi connectivity index (χ3n) is 1.68. The fourth-order valence-corrected chi connectivity index (χ4v) is 1.12. The first-order chi connectivity index (χ1) is 5.74. The molecule has 1 aliphatic heterocycles. The van der Waals surface area contributed by atoms with Crippen LogP contribution in [0.4, 0.5) is 0 Å². The SMILES string of the molecule is NCCOC1OC[C@@H](O)C[C@@H]1O. The molecule has 0 saturated carbocycles. The quantitative estimate of drug-likeness (QED) is 0.485. The average molecular weight is 177 g/mol. The molecule has 0 aliphatic carbocycles. The van der Waals surface area contributed by atoms with Gasteiger partial charge in [-0.2, -0.15) is 0 Å². The molecular weight excluding hydrogens is 162 g/mol. The second-order valence-electron chi connectivity index (χ2n) is 2.82. The third kappa shape index (κ3) is 2.69. The van der Waals surface area contributed by atoms with Crippen LogP contribution in [0.25, 0.3) is 0 Å². The zero-order valence-electron chi connectivity index (χ0n) is 6.85. The van der Waals surface area contributed by atoms with Crippen LogP contribution in [-0.4, -0.2) is 48.5 Å². The van der Waals surface area contributed by atoms with Gasteiger partial charge in [-0.1, -0.05) is 0 Å². The normalized spacial score (nSPS) is 36.8. The van der Waals surface area contributed by atoms with Gasteiger partial charge in [-0.25, -0.2) is 0 Å². The van der Waals surface area contributed by atoms with Gasteiger partial charge in [0.2, 0.25) is 0 Å². The lowest BCUT2D eigenvalue weighted by Crippen LogP contribution is -2.43. The molecule has 72 valence electrons. The van der Waals surface area contributed by atoms with Crippen LogP contribution in [0.3, 0.4) is 0 Å². The van der Waals surface area contributed by atoms with Crippen LogP contribution in [0.1, 0.15) is 6.42 Å². The van der Waals surface area contributed by atoms with Gasteiger partial charge >= 0.3 is 0 Å². The van der Waals surface area contributed by atoms with Crippen molar-refractivity contribution in [2.45, 2.75) is 24.9 Å². The smallest absolute Gasteiger partial charge is 0.183 e. The van der Waals surface area contributed by atoms with Gasteiger partial charge in [0.15, 0.2) is 6.29 Å². The number of rotatable bonds is 3. The lowest BCUT2D eigenvalue weighted by molar-refractivity contribution is -0.234. The summed E-state index contributed by atoms with van der Waals surface area (Å²) in [5, 5.41) is 18.4. The predicted molar refractivity (Wildman–Crippen MR) is 41.4 cm³/mol. The van der Waals surface area contributed by atoms with Crippen LogP contribution >= 0.6 is 0 Å². The number of aliphatic hydroxyl groups is 2. The first-order valence-electron chi connectivity index (χ1n) is 4.03. The van der Waals surface area contributed by atoms with Crippen molar-refractivity contribution in [2.75, 3.05) is 19.8 Å². The van der Waals surface area contributed by atoms with Gasteiger partial charge in [-0.3, -0.25) is 0 Å². The molecule has 1 fully saturated rings. The van der Waals surface area contributed by atoms with E-state index in [0.29, 0.717) is 19.6 Å². The van der Waals surface area contributed by atoms with Gasteiger partial charge in [0, 0.05) is 13.0 Å². The summed E-state index contributed by atoms with van der Waals surface area (Å²) in [4.78, 5) is 0. The molecule has 12 heavy (non-hydrogen) atoms. The molecule has 0 spiro atoms. The topological polar surface area (TPSA) is 84.9 Å². The number of hydrogen-bond acceptors (Lipinski definition) is 5. The van der Waals surface area contributed by atoms with Crippen molar-refractivity contribution < 1.29 is 19.7 Å². The minimum atomic E-state index is -0.750. The third-order valence-corrected chi connectivity index (χ3v) is 1.68. The largest absolute Gasteiger partial charge is 0.391 e. The van der Waals surface area contributed by atoms with E-state index >= 15 is 0 Å². The van der Waals surface area contributed by atoms with Gasteiger partial charge in [-0.15, -0.1) is 0 Å². The summed E-state index contributed by atoms with van der Waals surface area (Å²) in [6.07, 6.45) is -1.66. The molecular formula is C7H15NO4. The van der Waals surface area contributed by atoms with E-state index in [9.17, 15) is 5.11 Å². The van der Waals surface area contributed by atoms with E-state index in [4.69, 9.17) is 20.3 Å². The summed E-state index contributed by atoms with van der Waals surface area (Å²) in [5.74, 6) is 0. The first-order valence-corrected chi connectivity index (χ1v) is 4.03. The summed E-state index contributed by atoms with van der Waals surface area (Å²) < 4.78 is 10.1. The van der Waals surface area contributed by atoms with Gasteiger partial charge in [0.05, 0.1) is 19.3 Å². The molecule has 0 radical (unpaired) electrons. The highest BCUT2D eigenvalue weighted by Gasteiger charge is 2.29. The van der Waals surface area contributed by atoms with Crippen LogP contribution < -0.4 is 5.73 Å². The molecule has 0 amide bonds. The van der Waals surface area contributed by atoms with Gasteiger partial charge in [0.25, 0.3) is 0 Å². The standard InChI is InChI=1S/C7H15NO4/c8-1-2-11-7-6(10)3-5(9)4-12-7/h5-7,9-10H,1-4,8H2/t5-,6-,7?/m0/s1. The maximum atomic E-state index is 9.32. The van der Waals surface area contributed by atoms with E-state index in [2.05, 4.69) is 0 Å². The summed E-state index contributed by atoms with van der Waals surface area (Å²) in [7, 11) is 0. The fourth-order valence-electron chi connectivity index (χ4n) is 1.12. The predicted octanol–water partition coefficient (Wildman–Crippen LogP) is -1.57. The average Bonchev–Trinajstić information content (AvgIpc) is 2.03. The molecule has 0 aromatic rings. The van der Waals surface area contributed by atoms with E-state index in [0.717, 1.165) is 0 Å². The van der Waals surface area contributed by atoms with Crippen LogP contribution in [0.15, 0.2) is 0 Å². The van der Waals surface area contributed by atoms with Crippen molar-refractivity contribution in [1.82, 2.24) is 0 Å². The molecule has 0 aromatic heterocycles. The van der Waals surface area contributed by atoms with Crippen LogP contribution in [0.5, 0.6) is 0 Å². The van der Waals surface area contributed by atoms with Gasteiger partial charge in [-0.05, 0) is 0 Å². The van der Waals surface area contributed by atoms with Gasteiger partial charge < -0.3 is 25.4 Å². The zero-order valence-corrected chi connectivity index (χ0v) is 6.85. The Balaban J connectivity index is 2.25. The molecule has 1 saturated heterocycles. The molecule has 5 heteroatoms. The van der Waals surface area contributed by atoms with Gasteiger partial charge in [0.1, 0.15) is 6.10 Å². The Kier molecular flexibility index (Phi) is 3.90. The Morgan fingerprint density at radius 1 is 1.50 bits per heavy atom. The second kappa shape index (κ2) is 4.74. The minimum Gasteiger partial charge on any atom is -0.391 e. The number of nitrogens with two attached hydrogens (primary N) is 1. The zero-order chi connectivity index (χ0) is 8.97. The Labute approximate surface area is 71.1 Å². The van der Waals surface area contributed by atoms with Crippen molar-refractivity contribution in [2.24, 2.45) is 5.73 Å². The van der Waals surface area contributed by atoms with E-state index in [-0.39, 0.29) is 6.61 Å². The Morgan fingerprint density at radius 3 is 2.83 bits per heavy atom. The summed E-state index contributed by atoms with van der Waals surface area (Å²) in [5.41, 5.74) is 5.21.